The fourth-order valence-corrected chi connectivity index (χ4v) is 4.28. The van der Waals surface area contributed by atoms with Crippen LogP contribution in [0.15, 0.2) is 66.7 Å². The molecule has 0 aliphatic carbocycles. The summed E-state index contributed by atoms with van der Waals surface area (Å²) in [5.41, 5.74) is 2.61. The van der Waals surface area contributed by atoms with E-state index in [4.69, 9.17) is 11.6 Å². The Morgan fingerprint density at radius 2 is 1.90 bits per heavy atom. The molecule has 4 rings (SSSR count). The molecule has 30 heavy (non-hydrogen) atoms. The third-order valence-electron chi connectivity index (χ3n) is 4.70. The van der Waals surface area contributed by atoms with Crippen molar-refractivity contribution in [2.24, 2.45) is 0 Å². The first-order valence-corrected chi connectivity index (χ1v) is 10.3. The Labute approximate surface area is 181 Å². The summed E-state index contributed by atoms with van der Waals surface area (Å²) in [6, 6.07) is 19.0. The topological polar surface area (TPSA) is 76.3 Å². The van der Waals surface area contributed by atoms with E-state index < -0.39 is 4.92 Å². The first-order chi connectivity index (χ1) is 14.4. The lowest BCUT2D eigenvalue weighted by Gasteiger charge is -2.20. The first kappa shape index (κ1) is 20.0. The van der Waals surface area contributed by atoms with Crippen LogP contribution in [0.4, 0.5) is 10.8 Å². The van der Waals surface area contributed by atoms with Crippen molar-refractivity contribution in [3.05, 3.63) is 98.6 Å². The van der Waals surface area contributed by atoms with Gasteiger partial charge in [-0.05, 0) is 36.2 Å². The van der Waals surface area contributed by atoms with E-state index in [2.05, 4.69) is 4.98 Å². The van der Waals surface area contributed by atoms with Gasteiger partial charge in [0.25, 0.3) is 11.6 Å². The lowest BCUT2D eigenvalue weighted by Crippen LogP contribution is -2.30. The van der Waals surface area contributed by atoms with Crippen LogP contribution < -0.4 is 4.90 Å². The molecule has 1 amide bonds. The van der Waals surface area contributed by atoms with Crippen molar-refractivity contribution in [2.75, 3.05) is 4.90 Å². The van der Waals surface area contributed by atoms with Crippen LogP contribution in [-0.4, -0.2) is 15.8 Å². The lowest BCUT2D eigenvalue weighted by atomic mass is 10.1. The summed E-state index contributed by atoms with van der Waals surface area (Å²) in [6.45, 7) is 2.17. The summed E-state index contributed by atoms with van der Waals surface area (Å²) in [7, 11) is 0. The molecule has 0 saturated heterocycles. The second-order valence-electron chi connectivity index (χ2n) is 6.70. The largest absolute Gasteiger partial charge is 0.279 e. The van der Waals surface area contributed by atoms with E-state index in [0.717, 1.165) is 21.3 Å². The molecule has 1 aromatic heterocycles. The minimum Gasteiger partial charge on any atom is -0.279 e. The number of non-ortho nitro benzene ring substituents is 1. The van der Waals surface area contributed by atoms with Gasteiger partial charge < -0.3 is 0 Å². The second-order valence-corrected chi connectivity index (χ2v) is 8.12. The molecule has 1 heterocycles. The minimum absolute atomic E-state index is 0.132. The zero-order valence-corrected chi connectivity index (χ0v) is 17.5. The SMILES string of the molecule is Cc1c(Cl)ccc2sc(N(Cc3ccccc3)C(=O)c3cccc([N+](=O)[O-])c3)nc12. The predicted molar refractivity (Wildman–Crippen MR) is 119 cm³/mol. The molecule has 0 aliphatic heterocycles. The fraction of sp³-hybridized carbons (Fsp3) is 0.0909. The molecule has 150 valence electrons. The van der Waals surface area contributed by atoms with Crippen LogP contribution in [0.3, 0.4) is 0 Å². The van der Waals surface area contributed by atoms with Gasteiger partial charge in [-0.1, -0.05) is 59.3 Å². The van der Waals surface area contributed by atoms with Gasteiger partial charge in [-0.3, -0.25) is 19.8 Å². The zero-order valence-electron chi connectivity index (χ0n) is 15.9. The number of aromatic nitrogens is 1. The van der Waals surface area contributed by atoms with Gasteiger partial charge in [-0.2, -0.15) is 0 Å². The molecular weight excluding hydrogens is 422 g/mol. The van der Waals surface area contributed by atoms with E-state index in [1.54, 1.807) is 11.0 Å². The minimum atomic E-state index is -0.513. The van der Waals surface area contributed by atoms with Crippen LogP contribution in [0.1, 0.15) is 21.5 Å². The van der Waals surface area contributed by atoms with Crippen LogP contribution in [-0.2, 0) is 6.54 Å². The summed E-state index contributed by atoms with van der Waals surface area (Å²) in [6.07, 6.45) is 0. The Hall–Kier alpha value is -3.29. The Morgan fingerprint density at radius 3 is 2.63 bits per heavy atom. The number of carbonyl (C=O) groups is 1. The standard InChI is InChI=1S/C22H16ClN3O3S/c1-14-18(23)10-11-19-20(14)24-22(30-19)25(13-15-6-3-2-4-7-15)21(27)16-8-5-9-17(12-16)26(28)29/h2-12H,13H2,1H3. The molecule has 3 aromatic carbocycles. The van der Waals surface area contributed by atoms with E-state index in [1.807, 2.05) is 49.4 Å². The van der Waals surface area contributed by atoms with Crippen LogP contribution in [0, 0.1) is 17.0 Å². The summed E-state index contributed by atoms with van der Waals surface area (Å²) >= 11 is 7.61. The highest BCUT2D eigenvalue weighted by molar-refractivity contribution is 7.22. The smallest absolute Gasteiger partial charge is 0.270 e. The summed E-state index contributed by atoms with van der Waals surface area (Å²) in [5.74, 6) is -0.356. The average molecular weight is 438 g/mol. The van der Waals surface area contributed by atoms with Crippen LogP contribution in [0.25, 0.3) is 10.2 Å². The highest BCUT2D eigenvalue weighted by atomic mass is 35.5. The van der Waals surface area contributed by atoms with Crippen LogP contribution in [0.5, 0.6) is 0 Å². The van der Waals surface area contributed by atoms with Gasteiger partial charge in [-0.25, -0.2) is 4.98 Å². The third-order valence-corrected chi connectivity index (χ3v) is 6.15. The number of hydrogen-bond donors (Lipinski definition) is 0. The highest BCUT2D eigenvalue weighted by Gasteiger charge is 2.24. The number of fused-ring (bicyclic) bond motifs is 1. The maximum absolute atomic E-state index is 13.4. The molecule has 0 unspecified atom stereocenters. The number of nitro benzene ring substituents is 1. The number of rotatable bonds is 5. The molecule has 0 spiro atoms. The van der Waals surface area contributed by atoms with Crippen LogP contribution in [0.2, 0.25) is 5.02 Å². The number of benzene rings is 3. The molecule has 0 atom stereocenters. The van der Waals surface area contributed by atoms with Crippen molar-refractivity contribution in [3.8, 4) is 0 Å². The number of carbonyl (C=O) groups excluding carboxylic acids is 1. The van der Waals surface area contributed by atoms with Gasteiger partial charge in [0, 0.05) is 22.7 Å². The Kier molecular flexibility index (Phi) is 5.48. The Bertz CT molecular complexity index is 1260. The third kappa shape index (κ3) is 3.90. The molecule has 4 aromatic rings. The van der Waals surface area contributed by atoms with E-state index in [9.17, 15) is 14.9 Å². The maximum Gasteiger partial charge on any atom is 0.270 e. The normalized spacial score (nSPS) is 10.9. The van der Waals surface area contributed by atoms with Gasteiger partial charge in [0.1, 0.15) is 0 Å². The number of halogens is 1. The summed E-state index contributed by atoms with van der Waals surface area (Å²) in [5, 5.41) is 12.3. The van der Waals surface area contributed by atoms with Gasteiger partial charge >= 0.3 is 0 Å². The van der Waals surface area contributed by atoms with Crippen molar-refractivity contribution in [1.29, 1.82) is 0 Å². The first-order valence-electron chi connectivity index (χ1n) is 9.10. The predicted octanol–water partition coefficient (Wildman–Crippen LogP) is 6.01. The average Bonchev–Trinajstić information content (AvgIpc) is 3.20. The van der Waals surface area contributed by atoms with Crippen LogP contribution >= 0.6 is 22.9 Å². The number of anilines is 1. The van der Waals surface area contributed by atoms with Crippen molar-refractivity contribution < 1.29 is 9.72 Å². The van der Waals surface area contributed by atoms with Crippen molar-refractivity contribution >= 4 is 49.9 Å². The fourth-order valence-electron chi connectivity index (χ4n) is 3.10. The van der Waals surface area contributed by atoms with Crippen molar-refractivity contribution in [1.82, 2.24) is 4.98 Å². The number of nitro groups is 1. The molecule has 0 fully saturated rings. The van der Waals surface area contributed by atoms with Gasteiger partial charge in [0.15, 0.2) is 5.13 Å². The van der Waals surface area contributed by atoms with Crippen molar-refractivity contribution in [2.45, 2.75) is 13.5 Å². The second kappa shape index (κ2) is 8.22. The molecular formula is C22H16ClN3O3S. The highest BCUT2D eigenvalue weighted by Crippen LogP contribution is 2.35. The molecule has 8 heteroatoms. The van der Waals surface area contributed by atoms with E-state index in [0.29, 0.717) is 10.2 Å². The van der Waals surface area contributed by atoms with Gasteiger partial charge in [0.2, 0.25) is 0 Å². The quantitative estimate of drug-likeness (QED) is 0.283. The summed E-state index contributed by atoms with van der Waals surface area (Å²) < 4.78 is 0.914. The number of aryl methyl sites for hydroxylation is 1. The molecule has 0 N–H and O–H groups in total. The number of nitrogens with zero attached hydrogens (tertiary/aromatic N) is 3. The molecule has 0 radical (unpaired) electrons. The number of thiazole rings is 1. The summed E-state index contributed by atoms with van der Waals surface area (Å²) in [4.78, 5) is 30.3. The number of amides is 1. The Balaban J connectivity index is 1.80. The van der Waals surface area contributed by atoms with E-state index in [-0.39, 0.29) is 23.7 Å². The zero-order chi connectivity index (χ0) is 21.3. The monoisotopic (exact) mass is 437 g/mol. The Morgan fingerprint density at radius 1 is 1.13 bits per heavy atom. The van der Waals surface area contributed by atoms with E-state index >= 15 is 0 Å². The van der Waals surface area contributed by atoms with E-state index in [1.165, 1.54) is 29.5 Å². The molecule has 0 saturated carbocycles. The van der Waals surface area contributed by atoms with Crippen molar-refractivity contribution in [3.63, 3.8) is 0 Å². The molecule has 0 aliphatic rings. The number of hydrogen-bond acceptors (Lipinski definition) is 5. The molecule has 6 nitrogen and oxygen atoms in total. The molecule has 0 bridgehead atoms. The van der Waals surface area contributed by atoms with Gasteiger partial charge in [-0.15, -0.1) is 0 Å². The maximum atomic E-state index is 13.4. The van der Waals surface area contributed by atoms with Gasteiger partial charge in [0.05, 0.1) is 21.7 Å². The lowest BCUT2D eigenvalue weighted by molar-refractivity contribution is -0.384.